The standard InChI is InChI=1S/C24H29FN6/c1-16-14-18(25)7-6-17(16)15-26-19-9-12-31(13-10-19)24-21-5-3-4-20(21)23(28-29-24)22-8-11-27-30(22)2/h6-8,11,14,19,26H,3-5,9-10,12-13,15H2,1-2H3. The second kappa shape index (κ2) is 8.38. The number of piperidine rings is 1. The monoisotopic (exact) mass is 420 g/mol. The van der Waals surface area contributed by atoms with Gasteiger partial charge < -0.3 is 10.2 Å². The number of nitrogens with one attached hydrogen (secondary N) is 1. The van der Waals surface area contributed by atoms with Crippen molar-refractivity contribution in [1.29, 1.82) is 0 Å². The Kier molecular flexibility index (Phi) is 5.44. The first-order chi connectivity index (χ1) is 15.1. The summed E-state index contributed by atoms with van der Waals surface area (Å²) in [5, 5.41) is 17.3. The molecule has 6 nitrogen and oxygen atoms in total. The van der Waals surface area contributed by atoms with E-state index in [4.69, 9.17) is 0 Å². The number of anilines is 1. The van der Waals surface area contributed by atoms with Crippen LogP contribution in [0.25, 0.3) is 11.4 Å². The smallest absolute Gasteiger partial charge is 0.154 e. The fourth-order valence-electron chi connectivity index (χ4n) is 4.94. The number of halogens is 1. The summed E-state index contributed by atoms with van der Waals surface area (Å²) in [5.41, 5.74) is 6.92. The van der Waals surface area contributed by atoms with E-state index in [0.717, 1.165) is 74.5 Å². The minimum Gasteiger partial charge on any atom is -0.355 e. The molecular weight excluding hydrogens is 391 g/mol. The minimum absolute atomic E-state index is 0.169. The number of benzene rings is 1. The van der Waals surface area contributed by atoms with Gasteiger partial charge in [-0.25, -0.2) is 4.39 Å². The molecule has 5 rings (SSSR count). The van der Waals surface area contributed by atoms with E-state index in [1.54, 1.807) is 12.1 Å². The molecule has 0 spiro atoms. The van der Waals surface area contributed by atoms with Gasteiger partial charge in [0.15, 0.2) is 5.82 Å². The molecule has 3 aromatic rings. The van der Waals surface area contributed by atoms with Crippen LogP contribution >= 0.6 is 0 Å². The maximum absolute atomic E-state index is 13.3. The van der Waals surface area contributed by atoms with Crippen LogP contribution in [-0.4, -0.2) is 39.1 Å². The second-order valence-electron chi connectivity index (χ2n) is 8.74. The van der Waals surface area contributed by atoms with Gasteiger partial charge in [0, 0.05) is 44.5 Å². The van der Waals surface area contributed by atoms with Crippen LogP contribution in [0.5, 0.6) is 0 Å². The summed E-state index contributed by atoms with van der Waals surface area (Å²) < 4.78 is 15.2. The van der Waals surface area contributed by atoms with Crippen LogP contribution < -0.4 is 10.2 Å². The van der Waals surface area contributed by atoms with Crippen molar-refractivity contribution in [3.63, 3.8) is 0 Å². The van der Waals surface area contributed by atoms with Gasteiger partial charge in [-0.3, -0.25) is 4.68 Å². The van der Waals surface area contributed by atoms with E-state index in [2.05, 4.69) is 25.5 Å². The Bertz CT molecular complexity index is 1080. The third-order valence-corrected chi connectivity index (χ3v) is 6.76. The average Bonchev–Trinajstić information content (AvgIpc) is 3.42. The van der Waals surface area contributed by atoms with Crippen LogP contribution in [-0.2, 0) is 26.4 Å². The summed E-state index contributed by atoms with van der Waals surface area (Å²) in [6.45, 7) is 4.71. The van der Waals surface area contributed by atoms with Gasteiger partial charge in [-0.1, -0.05) is 6.07 Å². The molecule has 2 aliphatic rings. The Morgan fingerprint density at radius 1 is 1.10 bits per heavy atom. The highest BCUT2D eigenvalue weighted by Crippen LogP contribution is 2.36. The van der Waals surface area contributed by atoms with E-state index in [9.17, 15) is 4.39 Å². The highest BCUT2D eigenvalue weighted by atomic mass is 19.1. The zero-order valence-corrected chi connectivity index (χ0v) is 18.2. The van der Waals surface area contributed by atoms with Gasteiger partial charge in [0.2, 0.25) is 0 Å². The molecule has 2 aromatic heterocycles. The third-order valence-electron chi connectivity index (χ3n) is 6.76. The van der Waals surface area contributed by atoms with E-state index in [1.165, 1.54) is 16.7 Å². The lowest BCUT2D eigenvalue weighted by Gasteiger charge is -2.34. The van der Waals surface area contributed by atoms with E-state index in [0.29, 0.717) is 6.04 Å². The Labute approximate surface area is 182 Å². The van der Waals surface area contributed by atoms with Crippen molar-refractivity contribution in [2.75, 3.05) is 18.0 Å². The van der Waals surface area contributed by atoms with Crippen molar-refractivity contribution in [2.45, 2.75) is 51.6 Å². The fourth-order valence-corrected chi connectivity index (χ4v) is 4.94. The summed E-state index contributed by atoms with van der Waals surface area (Å²) >= 11 is 0. The normalized spacial score (nSPS) is 16.7. The molecule has 0 saturated carbocycles. The van der Waals surface area contributed by atoms with Gasteiger partial charge in [0.25, 0.3) is 0 Å². The number of nitrogens with zero attached hydrogens (tertiary/aromatic N) is 5. The number of hydrogen-bond donors (Lipinski definition) is 1. The largest absolute Gasteiger partial charge is 0.355 e. The molecule has 162 valence electrons. The zero-order chi connectivity index (χ0) is 21.4. The quantitative estimate of drug-likeness (QED) is 0.684. The zero-order valence-electron chi connectivity index (χ0n) is 18.2. The van der Waals surface area contributed by atoms with E-state index in [1.807, 2.05) is 37.0 Å². The van der Waals surface area contributed by atoms with E-state index in [-0.39, 0.29) is 5.82 Å². The molecule has 1 fully saturated rings. The Morgan fingerprint density at radius 3 is 2.65 bits per heavy atom. The van der Waals surface area contributed by atoms with Crippen molar-refractivity contribution < 1.29 is 4.39 Å². The first-order valence-corrected chi connectivity index (χ1v) is 11.2. The molecule has 0 atom stereocenters. The highest BCUT2D eigenvalue weighted by Gasteiger charge is 2.28. The molecule has 0 unspecified atom stereocenters. The van der Waals surface area contributed by atoms with Crippen LogP contribution in [0.1, 0.15) is 41.5 Å². The van der Waals surface area contributed by atoms with Gasteiger partial charge in [-0.15, -0.1) is 10.2 Å². The van der Waals surface area contributed by atoms with Gasteiger partial charge in [0.05, 0.1) is 5.69 Å². The molecule has 1 saturated heterocycles. The van der Waals surface area contributed by atoms with Crippen LogP contribution in [0.15, 0.2) is 30.5 Å². The van der Waals surface area contributed by atoms with E-state index >= 15 is 0 Å². The summed E-state index contributed by atoms with van der Waals surface area (Å²) in [4.78, 5) is 2.41. The minimum atomic E-state index is -0.169. The predicted octanol–water partition coefficient (Wildman–Crippen LogP) is 3.57. The van der Waals surface area contributed by atoms with Gasteiger partial charge >= 0.3 is 0 Å². The molecular formula is C24H29FN6. The SMILES string of the molecule is Cc1cc(F)ccc1CNC1CCN(c2nnc(-c3ccnn3C)c3c2CCC3)CC1. The summed E-state index contributed by atoms with van der Waals surface area (Å²) in [6, 6.07) is 7.52. The van der Waals surface area contributed by atoms with Crippen LogP contribution in [0.3, 0.4) is 0 Å². The van der Waals surface area contributed by atoms with Gasteiger partial charge in [-0.2, -0.15) is 5.10 Å². The first-order valence-electron chi connectivity index (χ1n) is 11.2. The topological polar surface area (TPSA) is 58.9 Å². The molecule has 0 amide bonds. The van der Waals surface area contributed by atoms with E-state index < -0.39 is 0 Å². The predicted molar refractivity (Wildman–Crippen MR) is 119 cm³/mol. The highest BCUT2D eigenvalue weighted by molar-refractivity contribution is 5.66. The number of fused-ring (bicyclic) bond motifs is 1. The molecule has 1 aliphatic carbocycles. The Balaban J connectivity index is 1.26. The molecule has 1 aromatic carbocycles. The third kappa shape index (κ3) is 3.94. The van der Waals surface area contributed by atoms with Crippen molar-refractivity contribution in [1.82, 2.24) is 25.3 Å². The summed E-state index contributed by atoms with van der Waals surface area (Å²) in [7, 11) is 1.96. The molecule has 1 aliphatic heterocycles. The maximum atomic E-state index is 13.3. The average molecular weight is 421 g/mol. The molecule has 1 N–H and O–H groups in total. The fraction of sp³-hybridized carbons (Fsp3) is 0.458. The molecule has 0 bridgehead atoms. The molecule has 3 heterocycles. The first kappa shape index (κ1) is 20.1. The summed E-state index contributed by atoms with van der Waals surface area (Å²) in [5.74, 6) is 0.906. The maximum Gasteiger partial charge on any atom is 0.154 e. The molecule has 7 heteroatoms. The lowest BCUT2D eigenvalue weighted by atomic mass is 10.0. The van der Waals surface area contributed by atoms with Crippen molar-refractivity contribution >= 4 is 5.82 Å². The number of aromatic nitrogens is 4. The van der Waals surface area contributed by atoms with Gasteiger partial charge in [0.1, 0.15) is 11.5 Å². The van der Waals surface area contributed by atoms with Crippen LogP contribution in [0, 0.1) is 12.7 Å². The second-order valence-corrected chi connectivity index (χ2v) is 8.74. The number of rotatable bonds is 5. The van der Waals surface area contributed by atoms with Crippen molar-refractivity contribution in [3.05, 3.63) is 58.5 Å². The van der Waals surface area contributed by atoms with Crippen molar-refractivity contribution in [3.8, 4) is 11.4 Å². The lowest BCUT2D eigenvalue weighted by molar-refractivity contribution is 0.411. The van der Waals surface area contributed by atoms with Crippen LogP contribution in [0.2, 0.25) is 0 Å². The number of aryl methyl sites for hydroxylation is 2. The molecule has 0 radical (unpaired) electrons. The Hall–Kier alpha value is -2.80. The van der Waals surface area contributed by atoms with Crippen molar-refractivity contribution in [2.24, 2.45) is 7.05 Å². The number of hydrogen-bond acceptors (Lipinski definition) is 5. The summed E-state index contributed by atoms with van der Waals surface area (Å²) in [6.07, 6.45) is 7.26. The van der Waals surface area contributed by atoms with Crippen LogP contribution in [0.4, 0.5) is 10.2 Å². The lowest BCUT2D eigenvalue weighted by Crippen LogP contribution is -2.43. The van der Waals surface area contributed by atoms with Gasteiger partial charge in [-0.05, 0) is 73.9 Å². The molecule has 31 heavy (non-hydrogen) atoms. The Morgan fingerprint density at radius 2 is 1.90 bits per heavy atom.